The third-order valence-electron chi connectivity index (χ3n) is 4.80. The highest BCUT2D eigenvalue weighted by Gasteiger charge is 2.08. The molecule has 0 unspecified atom stereocenters. The Labute approximate surface area is 157 Å². The Morgan fingerprint density at radius 3 is 2.70 bits per heavy atom. The van der Waals surface area contributed by atoms with Crippen LogP contribution in [0.4, 0.5) is 0 Å². The Kier molecular flexibility index (Phi) is 3.68. The van der Waals surface area contributed by atoms with Crippen LogP contribution in [0, 0.1) is 6.92 Å². The van der Waals surface area contributed by atoms with Gasteiger partial charge in [-0.25, -0.2) is 9.97 Å². The molecule has 130 valence electrons. The first-order valence-corrected chi connectivity index (χ1v) is 8.99. The molecule has 3 heterocycles. The molecule has 27 heavy (non-hydrogen) atoms. The largest absolute Gasteiger partial charge is 0.311 e. The van der Waals surface area contributed by atoms with Gasteiger partial charge in [0.05, 0.1) is 24.1 Å². The lowest BCUT2D eigenvalue weighted by Gasteiger charge is -2.07. The van der Waals surface area contributed by atoms with Crippen molar-refractivity contribution in [2.75, 3.05) is 0 Å². The van der Waals surface area contributed by atoms with Gasteiger partial charge in [0.15, 0.2) is 5.65 Å². The fourth-order valence-electron chi connectivity index (χ4n) is 3.44. The molecule has 0 radical (unpaired) electrons. The molecule has 0 atom stereocenters. The minimum Gasteiger partial charge on any atom is -0.311 e. The van der Waals surface area contributed by atoms with Gasteiger partial charge in [0.25, 0.3) is 0 Å². The molecule has 4 heteroatoms. The molecule has 2 aromatic carbocycles. The molecule has 0 aliphatic carbocycles. The third-order valence-corrected chi connectivity index (χ3v) is 4.80. The van der Waals surface area contributed by atoms with Gasteiger partial charge in [0.2, 0.25) is 0 Å². The van der Waals surface area contributed by atoms with Crippen molar-refractivity contribution in [1.82, 2.24) is 19.5 Å². The van der Waals surface area contributed by atoms with E-state index in [2.05, 4.69) is 70.0 Å². The minimum absolute atomic E-state index is 0.728. The van der Waals surface area contributed by atoms with E-state index in [0.717, 1.165) is 39.9 Å². The second kappa shape index (κ2) is 6.32. The number of rotatable bonds is 3. The molecule has 0 saturated carbocycles. The summed E-state index contributed by atoms with van der Waals surface area (Å²) in [6, 6.07) is 22.9. The molecule has 5 rings (SSSR count). The Balaban J connectivity index is 1.55. The maximum Gasteiger partial charge on any atom is 0.160 e. The number of hydrogen-bond acceptors (Lipinski definition) is 3. The topological polar surface area (TPSA) is 43.6 Å². The first-order valence-electron chi connectivity index (χ1n) is 8.99. The number of fused-ring (bicyclic) bond motifs is 2. The molecule has 0 aliphatic heterocycles. The number of pyridine rings is 2. The lowest BCUT2D eigenvalue weighted by Crippen LogP contribution is -2.00. The predicted molar refractivity (Wildman–Crippen MR) is 109 cm³/mol. The highest BCUT2D eigenvalue weighted by molar-refractivity contribution is 5.79. The maximum atomic E-state index is 4.89. The lowest BCUT2D eigenvalue weighted by atomic mass is 10.1. The molecule has 0 aliphatic rings. The summed E-state index contributed by atoms with van der Waals surface area (Å²) in [5.74, 6) is 0. The van der Waals surface area contributed by atoms with E-state index >= 15 is 0 Å². The van der Waals surface area contributed by atoms with Gasteiger partial charge < -0.3 is 4.57 Å². The Morgan fingerprint density at radius 1 is 0.852 bits per heavy atom. The molecule has 0 fully saturated rings. The smallest absolute Gasteiger partial charge is 0.160 e. The molecule has 0 bridgehead atoms. The second-order valence-corrected chi connectivity index (χ2v) is 6.81. The normalized spacial score (nSPS) is 11.3. The number of nitrogens with zero attached hydrogens (tertiary/aromatic N) is 4. The summed E-state index contributed by atoms with van der Waals surface area (Å²) in [5.41, 5.74) is 7.35. The van der Waals surface area contributed by atoms with E-state index in [0.29, 0.717) is 0 Å². The van der Waals surface area contributed by atoms with Crippen LogP contribution in [-0.4, -0.2) is 19.5 Å². The number of aromatic nitrogens is 4. The van der Waals surface area contributed by atoms with Crippen molar-refractivity contribution in [3.63, 3.8) is 0 Å². The molecule has 3 aromatic heterocycles. The highest BCUT2D eigenvalue weighted by atomic mass is 15.1. The standard InChI is InChI=1S/C23H18N4/c1-16-4-2-5-18(12-16)21-9-10-22-23(26-21)27(15-25-22)14-17-7-8-20-19(13-17)6-3-11-24-20/h2-13,15H,14H2,1H3. The van der Waals surface area contributed by atoms with E-state index in [1.54, 1.807) is 0 Å². The number of imidazole rings is 1. The molecule has 0 saturated heterocycles. The van der Waals surface area contributed by atoms with Crippen molar-refractivity contribution in [2.24, 2.45) is 0 Å². The Hall–Kier alpha value is -3.53. The van der Waals surface area contributed by atoms with Gasteiger partial charge in [-0.05, 0) is 48.9 Å². The van der Waals surface area contributed by atoms with Gasteiger partial charge in [-0.3, -0.25) is 4.98 Å². The van der Waals surface area contributed by atoms with Crippen LogP contribution in [0.15, 0.2) is 79.3 Å². The predicted octanol–water partition coefficient (Wildman–Crippen LogP) is 5.00. The van der Waals surface area contributed by atoms with E-state index in [1.165, 1.54) is 11.1 Å². The maximum absolute atomic E-state index is 4.89. The van der Waals surface area contributed by atoms with Crippen molar-refractivity contribution in [3.8, 4) is 11.3 Å². The molecule has 0 amide bonds. The summed E-state index contributed by atoms with van der Waals surface area (Å²) >= 11 is 0. The van der Waals surface area contributed by atoms with Crippen LogP contribution >= 0.6 is 0 Å². The van der Waals surface area contributed by atoms with Crippen molar-refractivity contribution in [1.29, 1.82) is 0 Å². The molecule has 0 N–H and O–H groups in total. The number of benzene rings is 2. The minimum atomic E-state index is 0.728. The van der Waals surface area contributed by atoms with Crippen LogP contribution in [-0.2, 0) is 6.54 Å². The molecule has 4 nitrogen and oxygen atoms in total. The van der Waals surface area contributed by atoms with Crippen LogP contribution in [0.5, 0.6) is 0 Å². The third kappa shape index (κ3) is 2.95. The second-order valence-electron chi connectivity index (χ2n) is 6.81. The van der Waals surface area contributed by atoms with E-state index in [4.69, 9.17) is 4.98 Å². The van der Waals surface area contributed by atoms with Crippen molar-refractivity contribution < 1.29 is 0 Å². The number of aryl methyl sites for hydroxylation is 1. The molecular weight excluding hydrogens is 332 g/mol. The summed E-state index contributed by atoms with van der Waals surface area (Å²) in [6.07, 6.45) is 3.69. The summed E-state index contributed by atoms with van der Waals surface area (Å²) < 4.78 is 2.10. The molecular formula is C23H18N4. The van der Waals surface area contributed by atoms with Crippen LogP contribution in [0.25, 0.3) is 33.3 Å². The van der Waals surface area contributed by atoms with Gasteiger partial charge in [-0.2, -0.15) is 0 Å². The summed E-state index contributed by atoms with van der Waals surface area (Å²) in [6.45, 7) is 2.83. The van der Waals surface area contributed by atoms with Crippen molar-refractivity contribution >= 4 is 22.1 Å². The van der Waals surface area contributed by atoms with Crippen LogP contribution in [0.2, 0.25) is 0 Å². The zero-order valence-corrected chi connectivity index (χ0v) is 15.0. The fourth-order valence-corrected chi connectivity index (χ4v) is 3.44. The van der Waals surface area contributed by atoms with Gasteiger partial charge in [-0.1, -0.05) is 35.9 Å². The average Bonchev–Trinajstić information content (AvgIpc) is 3.10. The van der Waals surface area contributed by atoms with E-state index in [-0.39, 0.29) is 0 Å². The van der Waals surface area contributed by atoms with E-state index in [9.17, 15) is 0 Å². The quantitative estimate of drug-likeness (QED) is 0.460. The highest BCUT2D eigenvalue weighted by Crippen LogP contribution is 2.22. The first kappa shape index (κ1) is 15.7. The summed E-state index contributed by atoms with van der Waals surface area (Å²) in [4.78, 5) is 13.8. The van der Waals surface area contributed by atoms with Crippen molar-refractivity contribution in [3.05, 3.63) is 90.4 Å². The first-order chi connectivity index (χ1) is 13.3. The van der Waals surface area contributed by atoms with Gasteiger partial charge in [0.1, 0.15) is 5.52 Å². The monoisotopic (exact) mass is 350 g/mol. The summed E-state index contributed by atoms with van der Waals surface area (Å²) in [7, 11) is 0. The summed E-state index contributed by atoms with van der Waals surface area (Å²) in [5, 5.41) is 1.15. The van der Waals surface area contributed by atoms with Gasteiger partial charge >= 0.3 is 0 Å². The van der Waals surface area contributed by atoms with Gasteiger partial charge in [-0.15, -0.1) is 0 Å². The Bertz CT molecular complexity index is 1270. The zero-order valence-electron chi connectivity index (χ0n) is 15.0. The average molecular weight is 350 g/mol. The van der Waals surface area contributed by atoms with Crippen LogP contribution in [0.1, 0.15) is 11.1 Å². The lowest BCUT2D eigenvalue weighted by molar-refractivity contribution is 0.815. The fraction of sp³-hybridized carbons (Fsp3) is 0.0870. The van der Waals surface area contributed by atoms with Crippen LogP contribution < -0.4 is 0 Å². The Morgan fingerprint density at radius 2 is 1.78 bits per heavy atom. The SMILES string of the molecule is Cc1cccc(-c2ccc3ncn(Cc4ccc5ncccc5c4)c3n2)c1. The van der Waals surface area contributed by atoms with Crippen molar-refractivity contribution in [2.45, 2.75) is 13.5 Å². The van der Waals surface area contributed by atoms with E-state index < -0.39 is 0 Å². The van der Waals surface area contributed by atoms with Crippen LogP contribution in [0.3, 0.4) is 0 Å². The van der Waals surface area contributed by atoms with E-state index in [1.807, 2.05) is 30.7 Å². The number of hydrogen-bond donors (Lipinski definition) is 0. The molecule has 0 spiro atoms. The molecule has 5 aromatic rings. The van der Waals surface area contributed by atoms with Gasteiger partial charge in [0, 0.05) is 17.1 Å². The zero-order chi connectivity index (χ0) is 18.2.